The average molecular weight is 395 g/mol. The van der Waals surface area contributed by atoms with Gasteiger partial charge in [-0.15, -0.1) is 0 Å². The number of hydrogen-bond acceptors (Lipinski definition) is 4. The summed E-state index contributed by atoms with van der Waals surface area (Å²) in [7, 11) is 1.63. The van der Waals surface area contributed by atoms with Crippen molar-refractivity contribution in [2.75, 3.05) is 13.7 Å². The predicted molar refractivity (Wildman–Crippen MR) is 80.8 cm³/mol. The predicted octanol–water partition coefficient (Wildman–Crippen LogP) is 3.10. The largest absolute Gasteiger partial charge is 0.496 e. The van der Waals surface area contributed by atoms with Gasteiger partial charge in [-0.05, 0) is 50.9 Å². The molecule has 0 radical (unpaired) electrons. The third-order valence-electron chi connectivity index (χ3n) is 3.14. The van der Waals surface area contributed by atoms with E-state index in [1.807, 2.05) is 19.1 Å². The molecule has 2 rings (SSSR count). The van der Waals surface area contributed by atoms with Gasteiger partial charge in [0.05, 0.1) is 16.1 Å². The topological polar surface area (TPSA) is 53.7 Å². The summed E-state index contributed by atoms with van der Waals surface area (Å²) in [5.74, 6) is 1.51. The Bertz CT molecular complexity index is 456. The SMILES string of the molecule is CCOC1C(N)CC1Oc1cc(Br)c(OC)cc1Br. The number of ether oxygens (including phenoxy) is 3. The van der Waals surface area contributed by atoms with Crippen molar-refractivity contribution in [3.05, 3.63) is 21.1 Å². The summed E-state index contributed by atoms with van der Waals surface area (Å²) in [6.07, 6.45) is 0.783. The van der Waals surface area contributed by atoms with E-state index < -0.39 is 0 Å². The molecule has 0 heterocycles. The number of rotatable bonds is 5. The molecule has 1 aromatic rings. The van der Waals surface area contributed by atoms with Gasteiger partial charge in [-0.1, -0.05) is 0 Å². The van der Waals surface area contributed by atoms with Crippen LogP contribution in [0.3, 0.4) is 0 Å². The zero-order valence-electron chi connectivity index (χ0n) is 10.9. The Morgan fingerprint density at radius 2 is 1.89 bits per heavy atom. The lowest BCUT2D eigenvalue weighted by Gasteiger charge is -2.41. The Morgan fingerprint density at radius 1 is 1.26 bits per heavy atom. The van der Waals surface area contributed by atoms with Crippen LogP contribution in [0.5, 0.6) is 11.5 Å². The van der Waals surface area contributed by atoms with Crippen LogP contribution in [-0.4, -0.2) is 32.0 Å². The van der Waals surface area contributed by atoms with Gasteiger partial charge in [0.1, 0.15) is 23.7 Å². The van der Waals surface area contributed by atoms with Crippen LogP contribution in [0.2, 0.25) is 0 Å². The second-order valence-corrected chi connectivity index (χ2v) is 6.10. The van der Waals surface area contributed by atoms with Crippen LogP contribution in [0.1, 0.15) is 13.3 Å². The van der Waals surface area contributed by atoms with Crippen LogP contribution in [0.15, 0.2) is 21.1 Å². The van der Waals surface area contributed by atoms with E-state index >= 15 is 0 Å². The number of halogens is 2. The van der Waals surface area contributed by atoms with Gasteiger partial charge in [-0.25, -0.2) is 0 Å². The molecule has 1 aliphatic rings. The van der Waals surface area contributed by atoms with Crippen molar-refractivity contribution in [2.24, 2.45) is 5.73 Å². The Labute approximate surface area is 129 Å². The molecule has 19 heavy (non-hydrogen) atoms. The van der Waals surface area contributed by atoms with Crippen molar-refractivity contribution in [1.29, 1.82) is 0 Å². The van der Waals surface area contributed by atoms with Gasteiger partial charge in [0, 0.05) is 19.1 Å². The molecule has 1 aliphatic carbocycles. The summed E-state index contributed by atoms with van der Waals surface area (Å²) in [6.45, 7) is 2.60. The van der Waals surface area contributed by atoms with E-state index in [0.29, 0.717) is 6.61 Å². The fourth-order valence-electron chi connectivity index (χ4n) is 2.08. The second kappa shape index (κ2) is 6.43. The summed E-state index contributed by atoms with van der Waals surface area (Å²) in [4.78, 5) is 0. The maximum atomic E-state index is 5.96. The zero-order valence-corrected chi connectivity index (χ0v) is 14.0. The van der Waals surface area contributed by atoms with Gasteiger partial charge in [0.15, 0.2) is 0 Å². The molecule has 3 atom stereocenters. The standard InChI is InChI=1S/C13H17Br2NO3/c1-3-18-13-9(16)6-12(13)19-11-5-7(14)10(17-2)4-8(11)15/h4-5,9,12-13H,3,6,16H2,1-2H3. The van der Waals surface area contributed by atoms with E-state index in [4.69, 9.17) is 19.9 Å². The first-order chi connectivity index (χ1) is 9.06. The summed E-state index contributed by atoms with van der Waals surface area (Å²) >= 11 is 6.93. The van der Waals surface area contributed by atoms with E-state index in [1.54, 1.807) is 7.11 Å². The van der Waals surface area contributed by atoms with Crippen LogP contribution in [0, 0.1) is 0 Å². The van der Waals surface area contributed by atoms with Crippen LogP contribution in [-0.2, 0) is 4.74 Å². The van der Waals surface area contributed by atoms with Crippen molar-refractivity contribution < 1.29 is 14.2 Å². The van der Waals surface area contributed by atoms with E-state index in [2.05, 4.69) is 31.9 Å². The highest BCUT2D eigenvalue weighted by molar-refractivity contribution is 9.11. The molecule has 2 N–H and O–H groups in total. The number of nitrogens with two attached hydrogens (primary N) is 1. The van der Waals surface area contributed by atoms with Crippen molar-refractivity contribution >= 4 is 31.9 Å². The third-order valence-corrected chi connectivity index (χ3v) is 4.38. The normalized spacial score (nSPS) is 25.8. The highest BCUT2D eigenvalue weighted by Crippen LogP contribution is 2.38. The summed E-state index contributed by atoms with van der Waals surface area (Å²) in [5, 5.41) is 0. The minimum Gasteiger partial charge on any atom is -0.496 e. The molecule has 0 amide bonds. The third kappa shape index (κ3) is 3.24. The van der Waals surface area contributed by atoms with Crippen LogP contribution in [0.25, 0.3) is 0 Å². The lowest BCUT2D eigenvalue weighted by atomic mass is 9.86. The van der Waals surface area contributed by atoms with Gasteiger partial charge < -0.3 is 19.9 Å². The summed E-state index contributed by atoms with van der Waals surface area (Å²) in [5.41, 5.74) is 5.92. The maximum Gasteiger partial charge on any atom is 0.135 e. The van der Waals surface area contributed by atoms with Crippen molar-refractivity contribution in [1.82, 2.24) is 0 Å². The van der Waals surface area contributed by atoms with Crippen LogP contribution >= 0.6 is 31.9 Å². The average Bonchev–Trinajstić information content (AvgIpc) is 2.39. The molecular formula is C13H17Br2NO3. The Hall–Kier alpha value is -0.300. The Morgan fingerprint density at radius 3 is 2.47 bits per heavy atom. The van der Waals surface area contributed by atoms with Gasteiger partial charge in [-0.2, -0.15) is 0 Å². The van der Waals surface area contributed by atoms with Gasteiger partial charge in [-0.3, -0.25) is 0 Å². The molecule has 3 unspecified atom stereocenters. The van der Waals surface area contributed by atoms with Gasteiger partial charge >= 0.3 is 0 Å². The van der Waals surface area contributed by atoms with Crippen LogP contribution < -0.4 is 15.2 Å². The molecule has 0 aromatic heterocycles. The lowest BCUT2D eigenvalue weighted by molar-refractivity contribution is -0.0947. The fourth-order valence-corrected chi connectivity index (χ4v) is 2.98. The molecular weight excluding hydrogens is 378 g/mol. The minimum absolute atomic E-state index is 0.00606. The van der Waals surface area contributed by atoms with E-state index in [-0.39, 0.29) is 18.2 Å². The van der Waals surface area contributed by atoms with E-state index in [0.717, 1.165) is 26.9 Å². The van der Waals surface area contributed by atoms with E-state index in [1.165, 1.54) is 0 Å². The first kappa shape index (κ1) is 15.1. The molecule has 106 valence electrons. The molecule has 0 aliphatic heterocycles. The molecule has 6 heteroatoms. The molecule has 1 aromatic carbocycles. The number of hydrogen-bond donors (Lipinski definition) is 1. The second-order valence-electron chi connectivity index (χ2n) is 4.39. The summed E-state index contributed by atoms with van der Waals surface area (Å²) in [6, 6.07) is 3.81. The first-order valence-electron chi connectivity index (χ1n) is 6.13. The minimum atomic E-state index is -0.0298. The molecule has 0 spiro atoms. The molecule has 1 fully saturated rings. The molecule has 1 saturated carbocycles. The highest BCUT2D eigenvalue weighted by Gasteiger charge is 2.41. The Balaban J connectivity index is 2.09. The number of methoxy groups -OCH3 is 1. The van der Waals surface area contributed by atoms with E-state index in [9.17, 15) is 0 Å². The molecule has 0 bridgehead atoms. The first-order valence-corrected chi connectivity index (χ1v) is 7.72. The maximum absolute atomic E-state index is 5.96. The number of benzene rings is 1. The quantitative estimate of drug-likeness (QED) is 0.833. The Kier molecular flexibility index (Phi) is 5.11. The molecule has 4 nitrogen and oxygen atoms in total. The zero-order chi connectivity index (χ0) is 14.0. The van der Waals surface area contributed by atoms with Crippen LogP contribution in [0.4, 0.5) is 0 Å². The van der Waals surface area contributed by atoms with Gasteiger partial charge in [0.2, 0.25) is 0 Å². The monoisotopic (exact) mass is 393 g/mol. The van der Waals surface area contributed by atoms with Crippen molar-refractivity contribution in [3.8, 4) is 11.5 Å². The van der Waals surface area contributed by atoms with Crippen molar-refractivity contribution in [3.63, 3.8) is 0 Å². The van der Waals surface area contributed by atoms with Gasteiger partial charge in [0.25, 0.3) is 0 Å². The fraction of sp³-hybridized carbons (Fsp3) is 0.538. The summed E-state index contributed by atoms with van der Waals surface area (Å²) < 4.78 is 18.5. The lowest BCUT2D eigenvalue weighted by Crippen LogP contribution is -2.59. The molecule has 0 saturated heterocycles. The smallest absolute Gasteiger partial charge is 0.135 e. The highest BCUT2D eigenvalue weighted by atomic mass is 79.9. The van der Waals surface area contributed by atoms with Crippen molar-refractivity contribution in [2.45, 2.75) is 31.6 Å².